The van der Waals surface area contributed by atoms with Crippen LogP contribution in [0.1, 0.15) is 32.6 Å². The average molecular weight is 249 g/mol. The zero-order valence-electron chi connectivity index (χ0n) is 11.3. The molecule has 0 spiro atoms. The van der Waals surface area contributed by atoms with Gasteiger partial charge in [-0.3, -0.25) is 0 Å². The van der Waals surface area contributed by atoms with Crippen molar-refractivity contribution in [1.29, 1.82) is 0 Å². The van der Waals surface area contributed by atoms with Crippen molar-refractivity contribution < 1.29 is 9.84 Å². The van der Waals surface area contributed by atoms with Crippen LogP contribution in [0, 0.1) is 5.92 Å². The van der Waals surface area contributed by atoms with Crippen LogP contribution in [0.25, 0.3) is 0 Å². The predicted molar refractivity (Wildman–Crippen MR) is 74.1 cm³/mol. The van der Waals surface area contributed by atoms with E-state index in [0.717, 1.165) is 23.8 Å². The van der Waals surface area contributed by atoms with Crippen molar-refractivity contribution in [1.82, 2.24) is 0 Å². The first kappa shape index (κ1) is 13.2. The van der Waals surface area contributed by atoms with Crippen molar-refractivity contribution in [3.8, 4) is 5.75 Å². The summed E-state index contributed by atoms with van der Waals surface area (Å²) in [6.45, 7) is 2.26. The van der Waals surface area contributed by atoms with E-state index in [9.17, 15) is 5.11 Å². The number of anilines is 1. The molecular formula is C15H23NO2. The molecule has 1 aromatic rings. The quantitative estimate of drug-likeness (QED) is 0.814. The fourth-order valence-corrected chi connectivity index (χ4v) is 2.51. The molecule has 3 nitrogen and oxygen atoms in total. The molecule has 0 bridgehead atoms. The molecule has 0 aromatic heterocycles. The Morgan fingerprint density at radius 1 is 1.33 bits per heavy atom. The first-order chi connectivity index (χ1) is 8.65. The van der Waals surface area contributed by atoms with E-state index in [0.29, 0.717) is 0 Å². The maximum atomic E-state index is 9.63. The minimum Gasteiger partial charge on any atom is -0.497 e. The van der Waals surface area contributed by atoms with Gasteiger partial charge in [0.1, 0.15) is 5.75 Å². The SMILES string of the molecule is COc1ccc(NC(C)(CO)CC2CCC2)cc1. The van der Waals surface area contributed by atoms with E-state index in [1.54, 1.807) is 7.11 Å². The van der Waals surface area contributed by atoms with Crippen LogP contribution in [-0.2, 0) is 0 Å². The van der Waals surface area contributed by atoms with Crippen molar-refractivity contribution in [3.63, 3.8) is 0 Å². The molecule has 1 atom stereocenters. The van der Waals surface area contributed by atoms with Gasteiger partial charge in [0.15, 0.2) is 0 Å². The molecule has 1 aliphatic carbocycles. The lowest BCUT2D eigenvalue weighted by molar-refractivity contribution is 0.168. The van der Waals surface area contributed by atoms with Gasteiger partial charge in [-0.25, -0.2) is 0 Å². The molecule has 1 unspecified atom stereocenters. The van der Waals surface area contributed by atoms with Gasteiger partial charge in [-0.05, 0) is 43.5 Å². The summed E-state index contributed by atoms with van der Waals surface area (Å²) in [5, 5.41) is 13.1. The summed E-state index contributed by atoms with van der Waals surface area (Å²) in [7, 11) is 1.66. The van der Waals surface area contributed by atoms with Crippen LogP contribution < -0.4 is 10.1 Å². The molecule has 0 aliphatic heterocycles. The van der Waals surface area contributed by atoms with Gasteiger partial charge in [-0.1, -0.05) is 19.3 Å². The summed E-state index contributed by atoms with van der Waals surface area (Å²) < 4.78 is 5.14. The van der Waals surface area contributed by atoms with E-state index in [1.807, 2.05) is 24.3 Å². The van der Waals surface area contributed by atoms with Crippen molar-refractivity contribution in [3.05, 3.63) is 24.3 Å². The van der Waals surface area contributed by atoms with Crippen LogP contribution in [-0.4, -0.2) is 24.4 Å². The topological polar surface area (TPSA) is 41.5 Å². The zero-order chi connectivity index (χ0) is 13.0. The van der Waals surface area contributed by atoms with Gasteiger partial charge in [0.2, 0.25) is 0 Å². The minimum atomic E-state index is -0.223. The Labute approximate surface area is 109 Å². The Morgan fingerprint density at radius 3 is 2.44 bits per heavy atom. The van der Waals surface area contributed by atoms with Gasteiger partial charge >= 0.3 is 0 Å². The zero-order valence-corrected chi connectivity index (χ0v) is 11.3. The maximum Gasteiger partial charge on any atom is 0.119 e. The van der Waals surface area contributed by atoms with E-state index >= 15 is 0 Å². The second-order valence-corrected chi connectivity index (χ2v) is 5.57. The van der Waals surface area contributed by atoms with E-state index in [-0.39, 0.29) is 12.1 Å². The second kappa shape index (κ2) is 5.61. The van der Waals surface area contributed by atoms with Gasteiger partial charge in [-0.2, -0.15) is 0 Å². The van der Waals surface area contributed by atoms with Gasteiger partial charge < -0.3 is 15.2 Å². The summed E-state index contributed by atoms with van der Waals surface area (Å²) in [5.74, 6) is 1.62. The van der Waals surface area contributed by atoms with Crippen molar-refractivity contribution in [2.24, 2.45) is 5.92 Å². The maximum absolute atomic E-state index is 9.63. The van der Waals surface area contributed by atoms with Crippen LogP contribution in [0.15, 0.2) is 24.3 Å². The normalized spacial score (nSPS) is 18.8. The molecule has 18 heavy (non-hydrogen) atoms. The van der Waals surface area contributed by atoms with Crippen LogP contribution in [0.4, 0.5) is 5.69 Å². The molecule has 2 N–H and O–H groups in total. The summed E-state index contributed by atoms with van der Waals surface area (Å²) in [6.07, 6.45) is 4.99. The van der Waals surface area contributed by atoms with Crippen LogP contribution in [0.3, 0.4) is 0 Å². The smallest absolute Gasteiger partial charge is 0.119 e. The highest BCUT2D eigenvalue weighted by Gasteiger charge is 2.30. The number of hydrogen-bond donors (Lipinski definition) is 2. The Morgan fingerprint density at radius 2 is 2.00 bits per heavy atom. The average Bonchev–Trinajstić information content (AvgIpc) is 2.35. The highest BCUT2D eigenvalue weighted by molar-refractivity contribution is 5.48. The molecule has 1 aliphatic rings. The minimum absolute atomic E-state index is 0.162. The third-order valence-corrected chi connectivity index (χ3v) is 3.85. The Bertz CT molecular complexity index is 373. The Kier molecular flexibility index (Phi) is 4.12. The number of ether oxygens (including phenoxy) is 1. The van der Waals surface area contributed by atoms with Gasteiger partial charge in [0.25, 0.3) is 0 Å². The molecule has 0 saturated heterocycles. The molecule has 0 radical (unpaired) electrons. The number of aliphatic hydroxyl groups is 1. The number of hydrogen-bond acceptors (Lipinski definition) is 3. The van der Waals surface area contributed by atoms with Crippen molar-refractivity contribution in [2.45, 2.75) is 38.1 Å². The second-order valence-electron chi connectivity index (χ2n) is 5.57. The lowest BCUT2D eigenvalue weighted by atomic mass is 9.76. The van der Waals surface area contributed by atoms with Crippen LogP contribution >= 0.6 is 0 Å². The lowest BCUT2D eigenvalue weighted by Gasteiger charge is -2.37. The molecule has 1 fully saturated rings. The lowest BCUT2D eigenvalue weighted by Crippen LogP contribution is -2.41. The summed E-state index contributed by atoms with van der Waals surface area (Å²) >= 11 is 0. The highest BCUT2D eigenvalue weighted by atomic mass is 16.5. The van der Waals surface area contributed by atoms with Crippen LogP contribution in [0.5, 0.6) is 5.75 Å². The predicted octanol–water partition coefficient (Wildman–Crippen LogP) is 3.05. The van der Waals surface area contributed by atoms with E-state index in [4.69, 9.17) is 4.74 Å². The third kappa shape index (κ3) is 3.16. The third-order valence-electron chi connectivity index (χ3n) is 3.85. The Balaban J connectivity index is 1.98. The molecule has 2 rings (SSSR count). The summed E-state index contributed by atoms with van der Waals surface area (Å²) in [5.41, 5.74) is 0.811. The molecule has 100 valence electrons. The van der Waals surface area contributed by atoms with Crippen LogP contribution in [0.2, 0.25) is 0 Å². The number of methoxy groups -OCH3 is 1. The first-order valence-corrected chi connectivity index (χ1v) is 6.68. The molecule has 1 saturated carbocycles. The van der Waals surface area contributed by atoms with Gasteiger partial charge in [0.05, 0.1) is 19.3 Å². The van der Waals surface area contributed by atoms with E-state index in [2.05, 4.69) is 12.2 Å². The molecular weight excluding hydrogens is 226 g/mol. The summed E-state index contributed by atoms with van der Waals surface area (Å²) in [6, 6.07) is 7.86. The fourth-order valence-electron chi connectivity index (χ4n) is 2.51. The Hall–Kier alpha value is -1.22. The fraction of sp³-hybridized carbons (Fsp3) is 0.600. The van der Waals surface area contributed by atoms with Gasteiger partial charge in [-0.15, -0.1) is 0 Å². The molecule has 0 amide bonds. The monoisotopic (exact) mass is 249 g/mol. The number of aliphatic hydroxyl groups excluding tert-OH is 1. The first-order valence-electron chi connectivity index (χ1n) is 6.68. The molecule has 0 heterocycles. The van der Waals surface area contributed by atoms with Gasteiger partial charge in [0, 0.05) is 5.69 Å². The number of benzene rings is 1. The number of rotatable bonds is 6. The summed E-state index contributed by atoms with van der Waals surface area (Å²) in [4.78, 5) is 0. The molecule has 3 heteroatoms. The van der Waals surface area contributed by atoms with E-state index < -0.39 is 0 Å². The standard InChI is InChI=1S/C15H23NO2/c1-15(11-17,10-12-4-3-5-12)16-13-6-8-14(18-2)9-7-13/h6-9,12,16-17H,3-5,10-11H2,1-2H3. The highest BCUT2D eigenvalue weighted by Crippen LogP contribution is 2.35. The molecule has 1 aromatic carbocycles. The van der Waals surface area contributed by atoms with Crippen molar-refractivity contribution >= 4 is 5.69 Å². The largest absolute Gasteiger partial charge is 0.497 e. The van der Waals surface area contributed by atoms with Crippen molar-refractivity contribution in [2.75, 3.05) is 19.0 Å². The van der Waals surface area contributed by atoms with E-state index in [1.165, 1.54) is 19.3 Å². The number of nitrogens with one attached hydrogen (secondary N) is 1.